The Kier molecular flexibility index (Phi) is 2.61. The summed E-state index contributed by atoms with van der Waals surface area (Å²) in [4.78, 5) is 0. The van der Waals surface area contributed by atoms with Crippen LogP contribution in [0.15, 0.2) is 30.3 Å². The van der Waals surface area contributed by atoms with Crippen LogP contribution >= 0.6 is 0 Å². The van der Waals surface area contributed by atoms with E-state index in [0.717, 1.165) is 16.3 Å². The topological polar surface area (TPSA) is 69.9 Å². The summed E-state index contributed by atoms with van der Waals surface area (Å²) in [5, 5.41) is 32.1. The molecule has 3 rings (SSSR count). The molecular formula is C16H14O4. The molecule has 0 fully saturated rings. The van der Waals surface area contributed by atoms with Gasteiger partial charge >= 0.3 is 0 Å². The second-order valence-corrected chi connectivity index (χ2v) is 4.85. The highest BCUT2D eigenvalue weighted by Crippen LogP contribution is 2.43. The molecule has 20 heavy (non-hydrogen) atoms. The van der Waals surface area contributed by atoms with Gasteiger partial charge in [-0.05, 0) is 47.5 Å². The minimum atomic E-state index is -0.511. The van der Waals surface area contributed by atoms with Gasteiger partial charge in [0, 0.05) is 10.8 Å². The van der Waals surface area contributed by atoms with Crippen molar-refractivity contribution in [2.75, 3.05) is 7.11 Å². The third-order valence-electron chi connectivity index (χ3n) is 3.46. The average molecular weight is 270 g/mol. The Balaban J connectivity index is 2.50. The first-order chi connectivity index (χ1) is 9.51. The molecule has 0 spiro atoms. The highest BCUT2D eigenvalue weighted by Gasteiger charge is 2.13. The molecule has 0 radical (unpaired) electrons. The summed E-state index contributed by atoms with van der Waals surface area (Å²) in [6.07, 6.45) is 0. The molecule has 0 aromatic heterocycles. The second-order valence-electron chi connectivity index (χ2n) is 4.85. The van der Waals surface area contributed by atoms with Gasteiger partial charge in [-0.15, -0.1) is 0 Å². The summed E-state index contributed by atoms with van der Waals surface area (Å²) in [6.45, 7) is 1.97. The molecular weight excluding hydrogens is 256 g/mol. The van der Waals surface area contributed by atoms with E-state index in [1.165, 1.54) is 6.07 Å². The quantitative estimate of drug-likeness (QED) is 0.468. The molecule has 102 valence electrons. The summed E-state index contributed by atoms with van der Waals surface area (Å²) in [7, 11) is 1.59. The van der Waals surface area contributed by atoms with Gasteiger partial charge in [0.05, 0.1) is 7.11 Å². The van der Waals surface area contributed by atoms with Gasteiger partial charge in [-0.25, -0.2) is 0 Å². The maximum atomic E-state index is 9.97. The molecule has 0 atom stereocenters. The fourth-order valence-corrected chi connectivity index (χ4v) is 2.50. The first-order valence-electron chi connectivity index (χ1n) is 6.17. The van der Waals surface area contributed by atoms with Gasteiger partial charge in [-0.2, -0.15) is 0 Å². The summed E-state index contributed by atoms with van der Waals surface area (Å²) in [6, 6.07) is 8.93. The fraction of sp³-hybridized carbons (Fsp3) is 0.125. The van der Waals surface area contributed by atoms with Gasteiger partial charge < -0.3 is 20.1 Å². The second kappa shape index (κ2) is 4.20. The minimum Gasteiger partial charge on any atom is -0.504 e. The van der Waals surface area contributed by atoms with Crippen molar-refractivity contribution in [1.29, 1.82) is 0 Å². The fourth-order valence-electron chi connectivity index (χ4n) is 2.50. The van der Waals surface area contributed by atoms with Crippen LogP contribution in [0, 0.1) is 6.92 Å². The Morgan fingerprint density at radius 3 is 2.20 bits per heavy atom. The van der Waals surface area contributed by atoms with Crippen molar-refractivity contribution in [2.24, 2.45) is 0 Å². The Labute approximate surface area is 115 Å². The first-order valence-corrected chi connectivity index (χ1v) is 6.17. The lowest BCUT2D eigenvalue weighted by molar-refractivity contribution is 0.371. The van der Waals surface area contributed by atoms with Crippen LogP contribution in [-0.4, -0.2) is 22.4 Å². The predicted octanol–water partition coefficient (Wildman–Crippen LogP) is 3.43. The number of fused-ring (bicyclic) bond motifs is 2. The number of phenolic OH excluding ortho intramolecular Hbond substituents is 3. The summed E-state index contributed by atoms with van der Waals surface area (Å²) in [5.74, 6) is -0.477. The molecule has 0 amide bonds. The summed E-state index contributed by atoms with van der Waals surface area (Å²) < 4.78 is 5.36. The predicted molar refractivity (Wildman–Crippen MR) is 77.7 cm³/mol. The van der Waals surface area contributed by atoms with Crippen molar-refractivity contribution in [3.8, 4) is 23.0 Å². The molecule has 0 bridgehead atoms. The van der Waals surface area contributed by atoms with E-state index >= 15 is 0 Å². The Morgan fingerprint density at radius 2 is 1.50 bits per heavy atom. The molecule has 0 saturated carbocycles. The zero-order chi connectivity index (χ0) is 14.4. The molecule has 3 N–H and O–H groups in total. The van der Waals surface area contributed by atoms with E-state index in [2.05, 4.69) is 0 Å². The average Bonchev–Trinajstić information content (AvgIpc) is 2.42. The molecule has 0 heterocycles. The molecule has 4 nitrogen and oxygen atoms in total. The van der Waals surface area contributed by atoms with Crippen LogP contribution < -0.4 is 4.74 Å². The lowest BCUT2D eigenvalue weighted by atomic mass is 10.00. The van der Waals surface area contributed by atoms with Gasteiger partial charge in [0.2, 0.25) is 5.75 Å². The van der Waals surface area contributed by atoms with Crippen LogP contribution in [-0.2, 0) is 0 Å². The molecule has 3 aromatic rings. The van der Waals surface area contributed by atoms with E-state index in [9.17, 15) is 15.3 Å². The Hall–Kier alpha value is -2.62. The zero-order valence-corrected chi connectivity index (χ0v) is 11.1. The monoisotopic (exact) mass is 270 g/mol. The number of aromatic hydroxyl groups is 3. The van der Waals surface area contributed by atoms with Crippen molar-refractivity contribution in [1.82, 2.24) is 0 Å². The molecule has 0 unspecified atom stereocenters. The number of ether oxygens (including phenoxy) is 1. The van der Waals surface area contributed by atoms with Crippen LogP contribution in [0.1, 0.15) is 5.56 Å². The van der Waals surface area contributed by atoms with E-state index in [0.29, 0.717) is 16.5 Å². The van der Waals surface area contributed by atoms with Crippen molar-refractivity contribution >= 4 is 21.5 Å². The van der Waals surface area contributed by atoms with Crippen LogP contribution in [0.4, 0.5) is 0 Å². The van der Waals surface area contributed by atoms with Crippen LogP contribution in [0.3, 0.4) is 0 Å². The summed E-state index contributed by atoms with van der Waals surface area (Å²) >= 11 is 0. The van der Waals surface area contributed by atoms with E-state index < -0.39 is 5.75 Å². The van der Waals surface area contributed by atoms with Gasteiger partial charge in [0.15, 0.2) is 11.5 Å². The highest BCUT2D eigenvalue weighted by molar-refractivity contribution is 6.04. The zero-order valence-electron chi connectivity index (χ0n) is 11.1. The molecule has 4 heteroatoms. The number of benzene rings is 3. The lowest BCUT2D eigenvalue weighted by Gasteiger charge is -2.11. The number of phenols is 3. The number of hydrogen-bond donors (Lipinski definition) is 3. The van der Waals surface area contributed by atoms with Gasteiger partial charge in [0.25, 0.3) is 0 Å². The van der Waals surface area contributed by atoms with Gasteiger partial charge in [-0.1, -0.05) is 6.07 Å². The van der Waals surface area contributed by atoms with Gasteiger partial charge in [0.1, 0.15) is 5.75 Å². The van der Waals surface area contributed by atoms with Crippen molar-refractivity contribution in [2.45, 2.75) is 6.92 Å². The number of rotatable bonds is 1. The Bertz CT molecular complexity index is 837. The Morgan fingerprint density at radius 1 is 0.800 bits per heavy atom. The van der Waals surface area contributed by atoms with Gasteiger partial charge in [-0.3, -0.25) is 0 Å². The SMILES string of the molecule is COc1cc(C)cc2cc3cc(O)c(O)c(O)c3cc12. The number of methoxy groups -OCH3 is 1. The van der Waals surface area contributed by atoms with Crippen LogP contribution in [0.5, 0.6) is 23.0 Å². The maximum Gasteiger partial charge on any atom is 0.200 e. The van der Waals surface area contributed by atoms with Crippen LogP contribution in [0.2, 0.25) is 0 Å². The maximum absolute atomic E-state index is 9.97. The molecule has 0 aliphatic carbocycles. The smallest absolute Gasteiger partial charge is 0.200 e. The van der Waals surface area contributed by atoms with Crippen molar-refractivity contribution in [3.05, 3.63) is 35.9 Å². The third-order valence-corrected chi connectivity index (χ3v) is 3.46. The first kappa shape index (κ1) is 12.4. The van der Waals surface area contributed by atoms with E-state index in [-0.39, 0.29) is 11.5 Å². The van der Waals surface area contributed by atoms with Crippen molar-refractivity contribution < 1.29 is 20.1 Å². The molecule has 0 saturated heterocycles. The van der Waals surface area contributed by atoms with E-state index in [1.54, 1.807) is 13.2 Å². The standard InChI is InChI=1S/C16H14O4/c1-8-3-9-5-10-6-13(17)16(19)15(18)12(10)7-11(9)14(4-8)20-2/h3-7,17-19H,1-2H3. The normalized spacial score (nSPS) is 11.1. The highest BCUT2D eigenvalue weighted by atomic mass is 16.5. The van der Waals surface area contributed by atoms with Crippen molar-refractivity contribution in [3.63, 3.8) is 0 Å². The van der Waals surface area contributed by atoms with E-state index in [1.807, 2.05) is 25.1 Å². The number of hydrogen-bond acceptors (Lipinski definition) is 4. The van der Waals surface area contributed by atoms with Crippen LogP contribution in [0.25, 0.3) is 21.5 Å². The molecule has 0 aliphatic heterocycles. The minimum absolute atomic E-state index is 0.329. The van der Waals surface area contributed by atoms with E-state index in [4.69, 9.17) is 4.74 Å². The summed E-state index contributed by atoms with van der Waals surface area (Å²) in [5.41, 5.74) is 1.06. The third kappa shape index (κ3) is 1.69. The molecule has 0 aliphatic rings. The largest absolute Gasteiger partial charge is 0.504 e. The number of aryl methyl sites for hydroxylation is 1. The molecule has 3 aromatic carbocycles. The lowest BCUT2D eigenvalue weighted by Crippen LogP contribution is -1.87.